The van der Waals surface area contributed by atoms with Crippen molar-refractivity contribution in [3.05, 3.63) is 0 Å². The van der Waals surface area contributed by atoms with Gasteiger partial charge in [0.15, 0.2) is 0 Å². The van der Waals surface area contributed by atoms with Crippen LogP contribution in [0.2, 0.25) is 0 Å². The molecular weight excluding hydrogens is 340 g/mol. The molecule has 0 aromatic heterocycles. The van der Waals surface area contributed by atoms with Gasteiger partial charge in [0.1, 0.15) is 5.60 Å². The Morgan fingerprint density at radius 1 is 1.15 bits per heavy atom. The van der Waals surface area contributed by atoms with E-state index in [1.54, 1.807) is 0 Å². The summed E-state index contributed by atoms with van der Waals surface area (Å²) < 4.78 is 5.37. The maximum Gasteiger partial charge on any atom is 0.307 e. The summed E-state index contributed by atoms with van der Waals surface area (Å²) in [5.41, 5.74) is -1.02. The van der Waals surface area contributed by atoms with E-state index in [-0.39, 0.29) is 18.8 Å². The molecule has 0 spiro atoms. The van der Waals surface area contributed by atoms with Gasteiger partial charge < -0.3 is 9.84 Å². The number of Topliss-reactive ketones (excluding diaryl/α,β-unsaturated/α-hetero) is 1. The third-order valence-electron chi connectivity index (χ3n) is 4.87. The summed E-state index contributed by atoms with van der Waals surface area (Å²) in [7, 11) is 0. The van der Waals surface area contributed by atoms with E-state index in [0.717, 1.165) is 18.8 Å². The van der Waals surface area contributed by atoms with E-state index >= 15 is 0 Å². The van der Waals surface area contributed by atoms with E-state index in [1.165, 1.54) is 6.42 Å². The number of hydrogen-bond donors (Lipinski definition) is 1. The minimum atomic E-state index is -0.583. The van der Waals surface area contributed by atoms with E-state index < -0.39 is 22.9 Å². The van der Waals surface area contributed by atoms with Gasteiger partial charge in [-0.1, -0.05) is 33.6 Å². The summed E-state index contributed by atoms with van der Waals surface area (Å²) >= 11 is 0. The monoisotopic (exact) mass is 378 g/mol. The highest BCUT2D eigenvalue weighted by molar-refractivity contribution is 5.99. The largest absolute Gasteiger partial charge is 0.460 e. The van der Waals surface area contributed by atoms with Crippen molar-refractivity contribution in [2.45, 2.75) is 86.2 Å². The summed E-state index contributed by atoms with van der Waals surface area (Å²) in [6, 6.07) is 0. The van der Waals surface area contributed by atoms with Crippen LogP contribution in [-0.4, -0.2) is 29.1 Å². The number of carbonyl (C=O) groups is 2. The van der Waals surface area contributed by atoms with E-state index in [9.17, 15) is 14.7 Å². The van der Waals surface area contributed by atoms with Gasteiger partial charge in [-0.15, -0.1) is 0 Å². The first-order valence-electron chi connectivity index (χ1n) is 10.2. The van der Waals surface area contributed by atoms with Crippen molar-refractivity contribution in [2.75, 3.05) is 6.61 Å². The second kappa shape index (κ2) is 9.73. The Balaban J connectivity index is 2.71. The average Bonchev–Trinajstić information content (AvgIpc) is 2.45. The Bertz CT molecular complexity index is 565. The summed E-state index contributed by atoms with van der Waals surface area (Å²) in [4.78, 5) is 24.9. The van der Waals surface area contributed by atoms with E-state index in [1.807, 2.05) is 34.6 Å². The zero-order valence-electron chi connectivity index (χ0n) is 18.2. The smallest absolute Gasteiger partial charge is 0.307 e. The van der Waals surface area contributed by atoms with Crippen LogP contribution in [0.15, 0.2) is 0 Å². The molecule has 4 heteroatoms. The van der Waals surface area contributed by atoms with Gasteiger partial charge in [0.05, 0.1) is 6.42 Å². The predicted octanol–water partition coefficient (Wildman–Crippen LogP) is 4.39. The highest BCUT2D eigenvalue weighted by Crippen LogP contribution is 2.37. The molecule has 1 fully saturated rings. The molecule has 0 saturated heterocycles. The lowest BCUT2D eigenvalue weighted by atomic mass is 9.71. The first-order valence-corrected chi connectivity index (χ1v) is 10.2. The number of hydrogen-bond acceptors (Lipinski definition) is 4. The van der Waals surface area contributed by atoms with Gasteiger partial charge in [0.2, 0.25) is 5.78 Å². The van der Waals surface area contributed by atoms with Crippen LogP contribution in [0.5, 0.6) is 0 Å². The first-order chi connectivity index (χ1) is 12.3. The molecule has 1 atom stereocenters. The fourth-order valence-corrected chi connectivity index (χ4v) is 3.56. The highest BCUT2D eigenvalue weighted by Gasteiger charge is 2.31. The third-order valence-corrected chi connectivity index (χ3v) is 4.87. The fraction of sp³-hybridized carbons (Fsp3) is 0.826. The highest BCUT2D eigenvalue weighted by atomic mass is 16.6. The van der Waals surface area contributed by atoms with Gasteiger partial charge in [-0.2, -0.15) is 0 Å². The summed E-state index contributed by atoms with van der Waals surface area (Å²) in [6.07, 6.45) is 3.78. The Labute approximate surface area is 165 Å². The van der Waals surface area contributed by atoms with Crippen molar-refractivity contribution >= 4 is 11.8 Å². The molecular formula is C23H38O4. The standard InChI is InChI=1S/C23H38O4/c1-16(2)10-18-11-17(12-18)8-9-20(25)19(14-23(6,7)15-24)13-21(26)27-22(3,4)5/h16-19,24H,10-15H2,1-7H3. The second-order valence-corrected chi connectivity index (χ2v) is 10.3. The molecule has 0 amide bonds. The van der Waals surface area contributed by atoms with Crippen LogP contribution < -0.4 is 0 Å². The maximum atomic E-state index is 12.7. The van der Waals surface area contributed by atoms with Gasteiger partial charge >= 0.3 is 5.97 Å². The van der Waals surface area contributed by atoms with Gasteiger partial charge in [-0.25, -0.2) is 0 Å². The Hall–Kier alpha value is -1.34. The topological polar surface area (TPSA) is 63.6 Å². The molecule has 0 bridgehead atoms. The van der Waals surface area contributed by atoms with Gasteiger partial charge in [0.25, 0.3) is 0 Å². The molecule has 1 aliphatic carbocycles. The third kappa shape index (κ3) is 9.42. The molecule has 154 valence electrons. The van der Waals surface area contributed by atoms with Crippen molar-refractivity contribution in [3.8, 4) is 11.8 Å². The molecule has 4 nitrogen and oxygen atoms in total. The number of carbonyl (C=O) groups excluding carboxylic acids is 2. The Morgan fingerprint density at radius 2 is 1.74 bits per heavy atom. The van der Waals surface area contributed by atoms with E-state index in [2.05, 4.69) is 25.7 Å². The Morgan fingerprint density at radius 3 is 2.22 bits per heavy atom. The Kier molecular flexibility index (Phi) is 8.54. The van der Waals surface area contributed by atoms with E-state index in [4.69, 9.17) is 4.74 Å². The van der Waals surface area contributed by atoms with Crippen LogP contribution in [-0.2, 0) is 14.3 Å². The zero-order chi connectivity index (χ0) is 20.8. The van der Waals surface area contributed by atoms with Crippen molar-refractivity contribution < 1.29 is 19.4 Å². The van der Waals surface area contributed by atoms with Crippen LogP contribution in [0.4, 0.5) is 0 Å². The van der Waals surface area contributed by atoms with Crippen molar-refractivity contribution in [2.24, 2.45) is 29.1 Å². The number of ether oxygens (including phenoxy) is 1. The summed E-state index contributed by atoms with van der Waals surface area (Å²) in [5.74, 6) is 6.49. The number of aliphatic hydroxyl groups is 1. The molecule has 1 saturated carbocycles. The van der Waals surface area contributed by atoms with Crippen molar-refractivity contribution in [1.29, 1.82) is 0 Å². The molecule has 1 aliphatic rings. The maximum absolute atomic E-state index is 12.7. The van der Waals surface area contributed by atoms with Gasteiger partial charge in [0, 0.05) is 18.4 Å². The SMILES string of the molecule is CC(C)CC1CC(C#CC(=O)C(CC(=O)OC(C)(C)C)CC(C)(C)CO)C1. The van der Waals surface area contributed by atoms with Crippen LogP contribution in [0.3, 0.4) is 0 Å². The lowest BCUT2D eigenvalue weighted by Crippen LogP contribution is -2.30. The number of esters is 1. The molecule has 1 N–H and O–H groups in total. The van der Waals surface area contributed by atoms with Crippen LogP contribution in [0.25, 0.3) is 0 Å². The minimum Gasteiger partial charge on any atom is -0.460 e. The van der Waals surface area contributed by atoms with Crippen LogP contribution in [0, 0.1) is 40.9 Å². The molecule has 0 aromatic rings. The number of rotatable bonds is 8. The van der Waals surface area contributed by atoms with E-state index in [0.29, 0.717) is 18.3 Å². The van der Waals surface area contributed by atoms with Crippen molar-refractivity contribution in [1.82, 2.24) is 0 Å². The number of ketones is 1. The molecule has 0 aliphatic heterocycles. The summed E-state index contributed by atoms with van der Waals surface area (Å²) in [6.45, 7) is 13.6. The minimum absolute atomic E-state index is 0.00878. The van der Waals surface area contributed by atoms with Crippen LogP contribution >= 0.6 is 0 Å². The molecule has 27 heavy (non-hydrogen) atoms. The lowest BCUT2D eigenvalue weighted by Gasteiger charge is -2.33. The van der Waals surface area contributed by atoms with Gasteiger partial charge in [-0.3, -0.25) is 9.59 Å². The molecule has 0 heterocycles. The zero-order valence-corrected chi connectivity index (χ0v) is 18.2. The predicted molar refractivity (Wildman–Crippen MR) is 108 cm³/mol. The first kappa shape index (κ1) is 23.7. The molecule has 1 rings (SSSR count). The van der Waals surface area contributed by atoms with Crippen molar-refractivity contribution in [3.63, 3.8) is 0 Å². The summed E-state index contributed by atoms with van der Waals surface area (Å²) in [5, 5.41) is 9.55. The lowest BCUT2D eigenvalue weighted by molar-refractivity contribution is -0.157. The average molecular weight is 379 g/mol. The molecule has 1 unspecified atom stereocenters. The van der Waals surface area contributed by atoms with Gasteiger partial charge in [-0.05, 0) is 69.6 Å². The molecule has 0 radical (unpaired) electrons. The normalized spacial score (nSPS) is 21.1. The fourth-order valence-electron chi connectivity index (χ4n) is 3.56. The number of aliphatic hydroxyl groups excluding tert-OH is 1. The molecule has 0 aromatic carbocycles. The van der Waals surface area contributed by atoms with Crippen LogP contribution in [0.1, 0.15) is 80.6 Å². The second-order valence-electron chi connectivity index (χ2n) is 10.3. The quantitative estimate of drug-likeness (QED) is 0.386.